The number of nitrogens with one attached hydrogen (secondary N) is 2. The van der Waals surface area contributed by atoms with Crippen molar-refractivity contribution >= 4 is 34.4 Å². The molecule has 274 valence electrons. The molecule has 2 saturated heterocycles. The lowest BCUT2D eigenvalue weighted by molar-refractivity contribution is -0.187. The van der Waals surface area contributed by atoms with Crippen molar-refractivity contribution in [1.29, 1.82) is 0 Å². The summed E-state index contributed by atoms with van der Waals surface area (Å²) in [5.41, 5.74) is 6.18. The van der Waals surface area contributed by atoms with Crippen LogP contribution in [0.5, 0.6) is 5.75 Å². The zero-order chi connectivity index (χ0) is 37.8. The van der Waals surface area contributed by atoms with Crippen molar-refractivity contribution in [2.45, 2.75) is 38.3 Å². The average Bonchev–Trinajstić information content (AvgIpc) is 3.59. The van der Waals surface area contributed by atoms with E-state index in [1.165, 1.54) is 0 Å². The summed E-state index contributed by atoms with van der Waals surface area (Å²) in [7, 11) is 1.71. The number of hydrogen-bond donors (Lipinski definition) is 3. The summed E-state index contributed by atoms with van der Waals surface area (Å²) in [6.07, 6.45) is 6.72. The van der Waals surface area contributed by atoms with E-state index in [0.717, 1.165) is 44.4 Å². The first-order chi connectivity index (χ1) is 26.2. The van der Waals surface area contributed by atoms with Gasteiger partial charge in [-0.1, -0.05) is 91.4 Å². The number of hydrogen-bond acceptors (Lipinski definition) is 7. The number of hydrazine groups is 1. The third-order valence-corrected chi connectivity index (χ3v) is 10.0. The number of piperazine rings is 1. The molecule has 0 saturated carbocycles. The molecular formula is C42H42N8O4. The van der Waals surface area contributed by atoms with Crippen molar-refractivity contribution < 1.29 is 19.5 Å². The van der Waals surface area contributed by atoms with Crippen LogP contribution in [0.15, 0.2) is 110 Å². The lowest BCUT2D eigenvalue weighted by Crippen LogP contribution is -2.76. The van der Waals surface area contributed by atoms with Crippen LogP contribution in [0.4, 0.5) is 4.79 Å². The summed E-state index contributed by atoms with van der Waals surface area (Å²) in [6, 6.07) is 28.9. The first kappa shape index (κ1) is 35.8. The molecule has 5 aromatic rings. The van der Waals surface area contributed by atoms with Crippen LogP contribution in [0.2, 0.25) is 0 Å². The highest BCUT2D eigenvalue weighted by molar-refractivity contribution is 5.92. The predicted molar refractivity (Wildman–Crippen MR) is 206 cm³/mol. The van der Waals surface area contributed by atoms with Crippen LogP contribution in [0.1, 0.15) is 27.8 Å². The molecule has 3 heterocycles. The monoisotopic (exact) mass is 722 g/mol. The van der Waals surface area contributed by atoms with Gasteiger partial charge in [0.05, 0.1) is 37.9 Å². The molecule has 4 amide bonds. The second kappa shape index (κ2) is 15.6. The minimum Gasteiger partial charge on any atom is -0.508 e. The van der Waals surface area contributed by atoms with Crippen molar-refractivity contribution in [1.82, 2.24) is 40.2 Å². The molecule has 0 unspecified atom stereocenters. The van der Waals surface area contributed by atoms with Gasteiger partial charge >= 0.3 is 6.03 Å². The molecule has 4 aromatic carbocycles. The topological polar surface area (TPSA) is 126 Å². The molecule has 2 aliphatic rings. The van der Waals surface area contributed by atoms with Gasteiger partial charge in [-0.15, -0.1) is 6.42 Å². The summed E-state index contributed by atoms with van der Waals surface area (Å²) in [5.74, 6) is 2.22. The molecule has 0 aliphatic carbocycles. The van der Waals surface area contributed by atoms with E-state index in [2.05, 4.69) is 23.1 Å². The predicted octanol–water partition coefficient (Wildman–Crippen LogP) is 4.16. The Hall–Kier alpha value is -6.58. The number of aromatic hydroxyl groups is 1. The van der Waals surface area contributed by atoms with E-state index < -0.39 is 12.2 Å². The number of phenolic OH excluding ortho intramolecular Hbond substituents is 1. The van der Waals surface area contributed by atoms with Crippen LogP contribution in [-0.2, 0) is 35.6 Å². The Kier molecular flexibility index (Phi) is 10.3. The van der Waals surface area contributed by atoms with Gasteiger partial charge < -0.3 is 25.5 Å². The minimum atomic E-state index is -0.881. The molecule has 0 bridgehead atoms. The van der Waals surface area contributed by atoms with Crippen LogP contribution < -0.4 is 10.6 Å². The van der Waals surface area contributed by atoms with Gasteiger partial charge in [-0.3, -0.25) is 14.3 Å². The quantitative estimate of drug-likeness (QED) is 0.175. The van der Waals surface area contributed by atoms with E-state index in [0.29, 0.717) is 19.6 Å². The smallest absolute Gasteiger partial charge is 0.334 e. The first-order valence-corrected chi connectivity index (χ1v) is 17.8. The molecule has 7 rings (SSSR count). The molecule has 1 aromatic heterocycles. The van der Waals surface area contributed by atoms with Crippen LogP contribution in [0, 0.1) is 12.3 Å². The van der Waals surface area contributed by atoms with E-state index in [1.807, 2.05) is 83.7 Å². The number of carbonyl (C=O) groups excluding carboxylic acids is 3. The summed E-state index contributed by atoms with van der Waals surface area (Å²) >= 11 is 0. The van der Waals surface area contributed by atoms with Crippen LogP contribution in [0.3, 0.4) is 0 Å². The number of phenols is 1. The summed E-state index contributed by atoms with van der Waals surface area (Å²) in [5, 5.41) is 24.9. The van der Waals surface area contributed by atoms with E-state index in [1.54, 1.807) is 51.1 Å². The SMILES string of the molecule is C#CCNC(=C)c1ccccc1Cn1ncc2c(CN3C[C@H]4N(C(=O)CN(C)N4C(=O)NCc4ccccc4)[C@@H](Cc4ccc(O)cc4)C3=O)cccc21. The van der Waals surface area contributed by atoms with E-state index in [9.17, 15) is 19.5 Å². The van der Waals surface area contributed by atoms with Crippen molar-refractivity contribution in [2.24, 2.45) is 0 Å². The standard InChI is InChI=1S/C42H42N8O4/c1-4-21-43-29(2)35-15-9-8-13-33(35)26-48-37-16-10-14-32(36(37)24-45-48)25-47-27-39-49(38(41(47)53)22-30-17-19-34(51)20-18-30)40(52)28-46(3)50(39)42(54)44-23-31-11-6-5-7-12-31/h1,5-20,24,38-39,43,51H,2,21-23,25-28H2,3H3,(H,44,54)/t38-,39-/m0/s1. The molecule has 12 heteroatoms. The van der Waals surface area contributed by atoms with Gasteiger partial charge in [0.25, 0.3) is 0 Å². The molecule has 2 atom stereocenters. The molecule has 12 nitrogen and oxygen atoms in total. The van der Waals surface area contributed by atoms with E-state index in [4.69, 9.17) is 11.5 Å². The largest absolute Gasteiger partial charge is 0.508 e. The zero-order valence-electron chi connectivity index (χ0n) is 30.1. The maximum Gasteiger partial charge on any atom is 0.334 e. The van der Waals surface area contributed by atoms with Crippen molar-refractivity contribution in [3.05, 3.63) is 138 Å². The minimum absolute atomic E-state index is 0.0659. The maximum atomic E-state index is 14.5. The Bertz CT molecular complexity index is 2230. The molecule has 54 heavy (non-hydrogen) atoms. The third kappa shape index (κ3) is 7.35. The number of aromatic nitrogens is 2. The van der Waals surface area contributed by atoms with Gasteiger partial charge in [-0.05, 0) is 40.5 Å². The molecule has 2 fully saturated rings. The number of likely N-dealkylation sites (N-methyl/N-ethyl adjacent to an activating group) is 1. The Morgan fingerprint density at radius 2 is 1.67 bits per heavy atom. The molecule has 0 spiro atoms. The third-order valence-electron chi connectivity index (χ3n) is 10.0. The van der Waals surface area contributed by atoms with Crippen LogP contribution >= 0.6 is 0 Å². The van der Waals surface area contributed by atoms with Gasteiger partial charge in [-0.2, -0.15) is 5.10 Å². The van der Waals surface area contributed by atoms with E-state index in [-0.39, 0.29) is 49.7 Å². The number of urea groups is 1. The number of fused-ring (bicyclic) bond motifs is 2. The van der Waals surface area contributed by atoms with Crippen molar-refractivity contribution in [2.75, 3.05) is 26.7 Å². The van der Waals surface area contributed by atoms with Crippen LogP contribution in [-0.4, -0.2) is 91.4 Å². The van der Waals surface area contributed by atoms with Crippen molar-refractivity contribution in [3.8, 4) is 18.1 Å². The van der Waals surface area contributed by atoms with Gasteiger partial charge in [0, 0.05) is 43.2 Å². The van der Waals surface area contributed by atoms with Gasteiger partial charge in [0.15, 0.2) is 0 Å². The lowest BCUT2D eigenvalue weighted by Gasteiger charge is -2.54. The zero-order valence-corrected chi connectivity index (χ0v) is 30.1. The second-order valence-corrected chi connectivity index (χ2v) is 13.5. The van der Waals surface area contributed by atoms with Crippen LogP contribution in [0.25, 0.3) is 16.6 Å². The van der Waals surface area contributed by atoms with Gasteiger partial charge in [-0.25, -0.2) is 14.8 Å². The first-order valence-electron chi connectivity index (χ1n) is 17.8. The fourth-order valence-electron chi connectivity index (χ4n) is 7.36. The van der Waals surface area contributed by atoms with Crippen molar-refractivity contribution in [3.63, 3.8) is 0 Å². The maximum absolute atomic E-state index is 14.5. The van der Waals surface area contributed by atoms with Gasteiger partial charge in [0.2, 0.25) is 11.8 Å². The summed E-state index contributed by atoms with van der Waals surface area (Å²) in [4.78, 5) is 45.5. The number of amides is 4. The molecule has 0 radical (unpaired) electrons. The Morgan fingerprint density at radius 3 is 2.44 bits per heavy atom. The Balaban J connectivity index is 1.19. The lowest BCUT2D eigenvalue weighted by atomic mass is 9.98. The molecule has 3 N–H and O–H groups in total. The fraction of sp³-hybridized carbons (Fsp3) is 0.238. The highest BCUT2D eigenvalue weighted by Crippen LogP contribution is 2.31. The highest BCUT2D eigenvalue weighted by Gasteiger charge is 2.50. The Morgan fingerprint density at radius 1 is 0.926 bits per heavy atom. The highest BCUT2D eigenvalue weighted by atomic mass is 16.3. The molecule has 2 aliphatic heterocycles. The summed E-state index contributed by atoms with van der Waals surface area (Å²) < 4.78 is 1.92. The fourth-order valence-corrected chi connectivity index (χ4v) is 7.36. The normalized spacial score (nSPS) is 17.3. The number of nitrogens with zero attached hydrogens (tertiary/aromatic N) is 6. The number of benzene rings is 4. The van der Waals surface area contributed by atoms with E-state index >= 15 is 0 Å². The molecular weight excluding hydrogens is 681 g/mol. The number of terminal acetylenes is 1. The number of carbonyl (C=O) groups is 3. The second-order valence-electron chi connectivity index (χ2n) is 13.5. The van der Waals surface area contributed by atoms with Gasteiger partial charge in [0.1, 0.15) is 18.0 Å². The average molecular weight is 723 g/mol. The Labute approximate surface area is 314 Å². The summed E-state index contributed by atoms with van der Waals surface area (Å²) in [6.45, 7) is 5.60. The number of rotatable bonds is 11.